The van der Waals surface area contributed by atoms with E-state index in [0.29, 0.717) is 13.0 Å². The lowest BCUT2D eigenvalue weighted by Gasteiger charge is -2.08. The second-order valence-corrected chi connectivity index (χ2v) is 4.21. The molecule has 1 aromatic rings. The van der Waals surface area contributed by atoms with Crippen LogP contribution in [-0.4, -0.2) is 17.8 Å². The molecule has 0 aromatic heterocycles. The maximum Gasteiger partial charge on any atom is 0.227 e. The first-order valence-corrected chi connectivity index (χ1v) is 6.03. The number of carbonyl (C=O) groups excluding carboxylic acids is 1. The van der Waals surface area contributed by atoms with E-state index in [0.717, 1.165) is 23.2 Å². The molecule has 80 valence electrons. The van der Waals surface area contributed by atoms with Crippen LogP contribution in [0.5, 0.6) is 5.75 Å². The van der Waals surface area contributed by atoms with E-state index in [4.69, 9.17) is 4.74 Å². The number of benzene rings is 1. The number of aryl methyl sites for hydroxylation is 1. The molecular weight excluding hydrogens is 258 g/mol. The molecule has 1 N–H and O–H groups in total. The van der Waals surface area contributed by atoms with E-state index in [-0.39, 0.29) is 5.91 Å². The summed E-state index contributed by atoms with van der Waals surface area (Å²) >= 11 is 3.39. The zero-order chi connectivity index (χ0) is 10.7. The van der Waals surface area contributed by atoms with Crippen LogP contribution >= 0.6 is 15.9 Å². The zero-order valence-corrected chi connectivity index (χ0v) is 9.84. The van der Waals surface area contributed by atoms with Crippen LogP contribution in [0.25, 0.3) is 0 Å². The SMILES string of the molecule is O=C1CCOc2ccc(CCBr)cc2N1. The Kier molecular flexibility index (Phi) is 3.26. The molecule has 0 aliphatic carbocycles. The first-order chi connectivity index (χ1) is 7.29. The van der Waals surface area contributed by atoms with Gasteiger partial charge in [0, 0.05) is 5.33 Å². The molecule has 1 aromatic carbocycles. The van der Waals surface area contributed by atoms with Crippen LogP contribution in [-0.2, 0) is 11.2 Å². The number of halogens is 1. The summed E-state index contributed by atoms with van der Waals surface area (Å²) in [6.45, 7) is 0.455. The van der Waals surface area contributed by atoms with Gasteiger partial charge in [0.2, 0.25) is 5.91 Å². The summed E-state index contributed by atoms with van der Waals surface area (Å²) in [5.74, 6) is 0.781. The van der Waals surface area contributed by atoms with Crippen LogP contribution in [0, 0.1) is 0 Å². The molecule has 2 rings (SSSR count). The van der Waals surface area contributed by atoms with Crippen molar-refractivity contribution in [2.24, 2.45) is 0 Å². The average Bonchev–Trinajstić information content (AvgIpc) is 2.38. The third-order valence-corrected chi connectivity index (χ3v) is 2.68. The van der Waals surface area contributed by atoms with Gasteiger partial charge < -0.3 is 10.1 Å². The van der Waals surface area contributed by atoms with Crippen molar-refractivity contribution in [1.82, 2.24) is 0 Å². The van der Waals surface area contributed by atoms with E-state index in [2.05, 4.69) is 21.2 Å². The highest BCUT2D eigenvalue weighted by atomic mass is 79.9. The van der Waals surface area contributed by atoms with Crippen LogP contribution in [0.2, 0.25) is 0 Å². The Labute approximate surface area is 96.9 Å². The van der Waals surface area contributed by atoms with Gasteiger partial charge in [-0.3, -0.25) is 4.79 Å². The van der Waals surface area contributed by atoms with E-state index in [9.17, 15) is 4.79 Å². The molecular formula is C11H12BrNO2. The first kappa shape index (κ1) is 10.5. The van der Waals surface area contributed by atoms with Gasteiger partial charge in [0.05, 0.1) is 18.7 Å². The summed E-state index contributed by atoms with van der Waals surface area (Å²) in [5.41, 5.74) is 1.98. The average molecular weight is 270 g/mol. The third-order valence-electron chi connectivity index (χ3n) is 2.29. The van der Waals surface area contributed by atoms with E-state index < -0.39 is 0 Å². The number of carbonyl (C=O) groups is 1. The second kappa shape index (κ2) is 4.66. The molecule has 0 atom stereocenters. The number of amides is 1. The summed E-state index contributed by atoms with van der Waals surface area (Å²) in [7, 11) is 0. The number of ether oxygens (including phenoxy) is 1. The molecule has 0 saturated heterocycles. The van der Waals surface area contributed by atoms with E-state index in [1.807, 2.05) is 18.2 Å². The highest BCUT2D eigenvalue weighted by Crippen LogP contribution is 2.28. The van der Waals surface area contributed by atoms with Crippen molar-refractivity contribution in [3.8, 4) is 5.75 Å². The molecule has 0 spiro atoms. The summed E-state index contributed by atoms with van der Waals surface area (Å²) in [4.78, 5) is 11.3. The lowest BCUT2D eigenvalue weighted by molar-refractivity contribution is -0.116. The fourth-order valence-corrected chi connectivity index (χ4v) is 1.99. The molecule has 1 heterocycles. The highest BCUT2D eigenvalue weighted by molar-refractivity contribution is 9.09. The van der Waals surface area contributed by atoms with E-state index >= 15 is 0 Å². The molecule has 4 heteroatoms. The van der Waals surface area contributed by atoms with Gasteiger partial charge in [0.15, 0.2) is 0 Å². The second-order valence-electron chi connectivity index (χ2n) is 3.42. The molecule has 1 amide bonds. The number of rotatable bonds is 2. The minimum atomic E-state index is 0.0183. The van der Waals surface area contributed by atoms with Gasteiger partial charge in [-0.05, 0) is 24.1 Å². The van der Waals surface area contributed by atoms with Gasteiger partial charge in [0.1, 0.15) is 5.75 Å². The van der Waals surface area contributed by atoms with Crippen LogP contribution in [0.4, 0.5) is 5.69 Å². The molecule has 0 saturated carbocycles. The topological polar surface area (TPSA) is 38.3 Å². The molecule has 0 bridgehead atoms. The summed E-state index contributed by atoms with van der Waals surface area (Å²) < 4.78 is 5.46. The minimum Gasteiger partial charge on any atom is -0.491 e. The quantitative estimate of drug-likeness (QED) is 0.838. The predicted molar refractivity (Wildman–Crippen MR) is 62.7 cm³/mol. The van der Waals surface area contributed by atoms with Gasteiger partial charge >= 0.3 is 0 Å². The molecule has 15 heavy (non-hydrogen) atoms. The third kappa shape index (κ3) is 2.50. The van der Waals surface area contributed by atoms with Crippen molar-refractivity contribution >= 4 is 27.5 Å². The smallest absolute Gasteiger partial charge is 0.227 e. The predicted octanol–water partition coefficient (Wildman–Crippen LogP) is 2.34. The standard InChI is InChI=1S/C11H12BrNO2/c12-5-3-8-1-2-10-9(7-8)13-11(14)4-6-15-10/h1-2,7H,3-6H2,(H,13,14). The Balaban J connectivity index is 2.28. The van der Waals surface area contributed by atoms with Gasteiger partial charge in [-0.25, -0.2) is 0 Å². The summed E-state index contributed by atoms with van der Waals surface area (Å²) in [6, 6.07) is 5.91. The highest BCUT2D eigenvalue weighted by Gasteiger charge is 2.13. The number of hydrogen-bond donors (Lipinski definition) is 1. The maximum absolute atomic E-state index is 11.3. The molecule has 0 fully saturated rings. The molecule has 3 nitrogen and oxygen atoms in total. The van der Waals surface area contributed by atoms with E-state index in [1.165, 1.54) is 5.56 Å². The molecule has 0 unspecified atom stereocenters. The molecule has 1 aliphatic rings. The Bertz CT molecular complexity index is 379. The van der Waals surface area contributed by atoms with E-state index in [1.54, 1.807) is 0 Å². The normalized spacial score (nSPS) is 14.9. The Morgan fingerprint density at radius 2 is 2.33 bits per heavy atom. The zero-order valence-electron chi connectivity index (χ0n) is 8.25. The molecule has 0 radical (unpaired) electrons. The van der Waals surface area contributed by atoms with Gasteiger partial charge in [-0.1, -0.05) is 22.0 Å². The van der Waals surface area contributed by atoms with Crippen molar-refractivity contribution in [2.45, 2.75) is 12.8 Å². The van der Waals surface area contributed by atoms with Crippen molar-refractivity contribution in [3.63, 3.8) is 0 Å². The molecule has 1 aliphatic heterocycles. The lowest BCUT2D eigenvalue weighted by atomic mass is 10.1. The fraction of sp³-hybridized carbons (Fsp3) is 0.364. The van der Waals surface area contributed by atoms with Crippen molar-refractivity contribution in [2.75, 3.05) is 17.3 Å². The number of hydrogen-bond acceptors (Lipinski definition) is 2. The van der Waals surface area contributed by atoms with Crippen LogP contribution in [0.1, 0.15) is 12.0 Å². The minimum absolute atomic E-state index is 0.0183. The van der Waals surface area contributed by atoms with Crippen LogP contribution in [0.3, 0.4) is 0 Å². The van der Waals surface area contributed by atoms with Crippen molar-refractivity contribution < 1.29 is 9.53 Å². The summed E-state index contributed by atoms with van der Waals surface area (Å²) in [6.07, 6.45) is 1.37. The van der Waals surface area contributed by atoms with Crippen molar-refractivity contribution in [1.29, 1.82) is 0 Å². The number of anilines is 1. The Hall–Kier alpha value is -1.03. The Morgan fingerprint density at radius 1 is 1.47 bits per heavy atom. The van der Waals surface area contributed by atoms with Crippen LogP contribution < -0.4 is 10.1 Å². The van der Waals surface area contributed by atoms with Gasteiger partial charge in [0.25, 0.3) is 0 Å². The first-order valence-electron chi connectivity index (χ1n) is 4.91. The Morgan fingerprint density at radius 3 is 3.13 bits per heavy atom. The summed E-state index contributed by atoms with van der Waals surface area (Å²) in [5, 5.41) is 3.76. The monoisotopic (exact) mass is 269 g/mol. The van der Waals surface area contributed by atoms with Gasteiger partial charge in [-0.2, -0.15) is 0 Å². The van der Waals surface area contributed by atoms with Crippen molar-refractivity contribution in [3.05, 3.63) is 23.8 Å². The largest absolute Gasteiger partial charge is 0.491 e. The number of fused-ring (bicyclic) bond motifs is 1. The number of nitrogens with one attached hydrogen (secondary N) is 1. The number of alkyl halides is 1. The maximum atomic E-state index is 11.3. The lowest BCUT2D eigenvalue weighted by Crippen LogP contribution is -2.10. The fourth-order valence-electron chi connectivity index (χ4n) is 1.53. The van der Waals surface area contributed by atoms with Crippen LogP contribution in [0.15, 0.2) is 18.2 Å². The van der Waals surface area contributed by atoms with Gasteiger partial charge in [-0.15, -0.1) is 0 Å².